The average Bonchev–Trinajstić information content (AvgIpc) is 3.12. The third-order valence-electron chi connectivity index (χ3n) is 4.44. The fourth-order valence-corrected chi connectivity index (χ4v) is 4.11. The van der Waals surface area contributed by atoms with Gasteiger partial charge in [-0.2, -0.15) is 0 Å². The molecule has 6 nitrogen and oxygen atoms in total. The maximum absolute atomic E-state index is 12.4. The molecule has 3 rings (SSSR count). The molecule has 1 unspecified atom stereocenters. The fourth-order valence-electron chi connectivity index (χ4n) is 2.98. The molecule has 0 fully saturated rings. The third-order valence-corrected chi connectivity index (χ3v) is 5.66. The van der Waals surface area contributed by atoms with Crippen molar-refractivity contribution in [2.75, 3.05) is 12.4 Å². The molecule has 0 saturated heterocycles. The number of para-hydroxylation sites is 1. The second-order valence-corrected chi connectivity index (χ2v) is 7.48. The maximum atomic E-state index is 12.4. The summed E-state index contributed by atoms with van der Waals surface area (Å²) in [6.45, 7) is 1.50. The Balaban J connectivity index is 1.65. The molecule has 27 heavy (non-hydrogen) atoms. The van der Waals surface area contributed by atoms with Crippen molar-refractivity contribution in [2.45, 2.75) is 38.7 Å². The Morgan fingerprint density at radius 2 is 1.85 bits per heavy atom. The van der Waals surface area contributed by atoms with Crippen LogP contribution in [0.5, 0.6) is 0 Å². The van der Waals surface area contributed by atoms with Gasteiger partial charge in [0.2, 0.25) is 0 Å². The highest BCUT2D eigenvalue weighted by atomic mass is 32.1. The van der Waals surface area contributed by atoms with E-state index in [9.17, 15) is 14.4 Å². The number of hydrogen-bond donors (Lipinski definition) is 1. The van der Waals surface area contributed by atoms with Gasteiger partial charge < -0.3 is 14.8 Å². The van der Waals surface area contributed by atoms with Gasteiger partial charge in [-0.25, -0.2) is 9.59 Å². The van der Waals surface area contributed by atoms with Crippen LogP contribution in [0, 0.1) is 0 Å². The standard InChI is InChI=1S/C20H21NO5S/c1-12(18(22)21-15-9-5-4-8-14(15)19(23)25-2)26-20(24)17-11-13-7-3-6-10-16(13)27-17/h4-5,8-9,11-12H,3,6-7,10H2,1-2H3,(H,21,22). The highest BCUT2D eigenvalue weighted by Crippen LogP contribution is 2.30. The van der Waals surface area contributed by atoms with Gasteiger partial charge in [-0.1, -0.05) is 12.1 Å². The Morgan fingerprint density at radius 1 is 1.11 bits per heavy atom. The number of amides is 1. The molecular formula is C20H21NO5S. The molecule has 142 valence electrons. The number of rotatable bonds is 5. The summed E-state index contributed by atoms with van der Waals surface area (Å²) in [6, 6.07) is 8.37. The maximum Gasteiger partial charge on any atom is 0.349 e. The SMILES string of the molecule is COC(=O)c1ccccc1NC(=O)C(C)OC(=O)c1cc2c(s1)CCCC2. The number of hydrogen-bond acceptors (Lipinski definition) is 6. The molecule has 1 N–H and O–H groups in total. The summed E-state index contributed by atoms with van der Waals surface area (Å²) < 4.78 is 10.0. The molecule has 0 radical (unpaired) electrons. The number of carbonyl (C=O) groups is 3. The Bertz CT molecular complexity index is 850. The minimum Gasteiger partial charge on any atom is -0.465 e. The lowest BCUT2D eigenvalue weighted by Gasteiger charge is -2.14. The van der Waals surface area contributed by atoms with E-state index in [1.165, 1.54) is 35.8 Å². The Hall–Kier alpha value is -2.67. The topological polar surface area (TPSA) is 81.7 Å². The second kappa shape index (κ2) is 8.35. The van der Waals surface area contributed by atoms with Gasteiger partial charge in [0.15, 0.2) is 6.10 Å². The molecule has 1 aromatic heterocycles. The van der Waals surface area contributed by atoms with E-state index in [-0.39, 0.29) is 5.56 Å². The summed E-state index contributed by atoms with van der Waals surface area (Å²) in [5, 5.41) is 2.62. The first kappa shape index (κ1) is 19.1. The highest BCUT2D eigenvalue weighted by molar-refractivity contribution is 7.14. The van der Waals surface area contributed by atoms with E-state index in [4.69, 9.17) is 9.47 Å². The van der Waals surface area contributed by atoms with Crippen LogP contribution < -0.4 is 5.32 Å². The molecule has 1 heterocycles. The number of carbonyl (C=O) groups excluding carboxylic acids is 3. The molecule has 1 amide bonds. The third kappa shape index (κ3) is 4.36. The average molecular weight is 387 g/mol. The van der Waals surface area contributed by atoms with Crippen LogP contribution in [0.4, 0.5) is 5.69 Å². The number of aryl methyl sites for hydroxylation is 2. The molecule has 7 heteroatoms. The molecular weight excluding hydrogens is 366 g/mol. The van der Waals surface area contributed by atoms with Crippen LogP contribution in [0.15, 0.2) is 30.3 Å². The molecule has 0 spiro atoms. The molecule has 1 atom stereocenters. The van der Waals surface area contributed by atoms with E-state index >= 15 is 0 Å². The van der Waals surface area contributed by atoms with Crippen molar-refractivity contribution in [1.82, 2.24) is 0 Å². The predicted octanol–water partition coefficient (Wildman–Crippen LogP) is 3.60. The molecule has 1 aliphatic rings. The summed E-state index contributed by atoms with van der Waals surface area (Å²) >= 11 is 1.44. The van der Waals surface area contributed by atoms with Gasteiger partial charge in [0, 0.05) is 4.88 Å². The number of methoxy groups -OCH3 is 1. The van der Waals surface area contributed by atoms with Crippen molar-refractivity contribution in [1.29, 1.82) is 0 Å². The van der Waals surface area contributed by atoms with Gasteiger partial charge in [-0.05, 0) is 56.4 Å². The molecule has 2 aromatic rings. The Kier molecular flexibility index (Phi) is 5.91. The van der Waals surface area contributed by atoms with E-state index < -0.39 is 23.9 Å². The van der Waals surface area contributed by atoms with Crippen LogP contribution in [0.1, 0.15) is 50.2 Å². The minimum absolute atomic E-state index is 0.234. The lowest BCUT2D eigenvalue weighted by molar-refractivity contribution is -0.123. The number of benzene rings is 1. The van der Waals surface area contributed by atoms with E-state index in [1.54, 1.807) is 24.3 Å². The van der Waals surface area contributed by atoms with Gasteiger partial charge in [-0.15, -0.1) is 11.3 Å². The van der Waals surface area contributed by atoms with Crippen LogP contribution in [-0.2, 0) is 27.1 Å². The lowest BCUT2D eigenvalue weighted by Crippen LogP contribution is -2.30. The normalized spacial score (nSPS) is 14.0. The van der Waals surface area contributed by atoms with Gasteiger partial charge in [0.25, 0.3) is 5.91 Å². The summed E-state index contributed by atoms with van der Waals surface area (Å²) in [5.74, 6) is -1.57. The quantitative estimate of drug-likeness (QED) is 0.793. The fraction of sp³-hybridized carbons (Fsp3) is 0.350. The summed E-state index contributed by atoms with van der Waals surface area (Å²) in [7, 11) is 1.27. The number of thiophene rings is 1. The van der Waals surface area contributed by atoms with E-state index in [2.05, 4.69) is 5.32 Å². The van der Waals surface area contributed by atoms with Crippen molar-refractivity contribution < 1.29 is 23.9 Å². The van der Waals surface area contributed by atoms with Gasteiger partial charge >= 0.3 is 11.9 Å². The molecule has 0 saturated carbocycles. The van der Waals surface area contributed by atoms with E-state index in [1.807, 2.05) is 6.07 Å². The minimum atomic E-state index is -0.998. The van der Waals surface area contributed by atoms with Crippen LogP contribution in [0.25, 0.3) is 0 Å². The summed E-state index contributed by atoms with van der Waals surface area (Å²) in [4.78, 5) is 38.3. The van der Waals surface area contributed by atoms with Gasteiger partial charge in [0.05, 0.1) is 18.4 Å². The smallest absolute Gasteiger partial charge is 0.349 e. The van der Waals surface area contributed by atoms with Crippen molar-refractivity contribution >= 4 is 34.9 Å². The van der Waals surface area contributed by atoms with Crippen LogP contribution in [-0.4, -0.2) is 31.1 Å². The van der Waals surface area contributed by atoms with Gasteiger partial charge in [-0.3, -0.25) is 4.79 Å². The van der Waals surface area contributed by atoms with Crippen LogP contribution in [0.2, 0.25) is 0 Å². The predicted molar refractivity (Wildman–Crippen MR) is 102 cm³/mol. The van der Waals surface area contributed by atoms with Crippen LogP contribution >= 0.6 is 11.3 Å². The monoisotopic (exact) mass is 387 g/mol. The summed E-state index contributed by atoms with van der Waals surface area (Å²) in [5.41, 5.74) is 1.75. The first-order valence-electron chi connectivity index (χ1n) is 8.80. The molecule has 1 aromatic carbocycles. The zero-order valence-electron chi connectivity index (χ0n) is 15.2. The van der Waals surface area contributed by atoms with Crippen molar-refractivity contribution in [3.8, 4) is 0 Å². The highest BCUT2D eigenvalue weighted by Gasteiger charge is 2.24. The number of nitrogens with one attached hydrogen (secondary N) is 1. The zero-order valence-corrected chi connectivity index (χ0v) is 16.1. The van der Waals surface area contributed by atoms with Crippen LogP contribution in [0.3, 0.4) is 0 Å². The Morgan fingerprint density at radius 3 is 2.59 bits per heavy atom. The summed E-state index contributed by atoms with van der Waals surface area (Å²) in [6.07, 6.45) is 3.26. The molecule has 1 aliphatic carbocycles. The number of fused-ring (bicyclic) bond motifs is 1. The second-order valence-electron chi connectivity index (χ2n) is 6.34. The molecule has 0 aliphatic heterocycles. The Labute approximate surface area is 161 Å². The number of ether oxygens (including phenoxy) is 2. The van der Waals surface area contributed by atoms with Crippen molar-refractivity contribution in [2.24, 2.45) is 0 Å². The largest absolute Gasteiger partial charge is 0.465 e. The first-order chi connectivity index (χ1) is 13.0. The molecule has 0 bridgehead atoms. The zero-order chi connectivity index (χ0) is 19.4. The van der Waals surface area contributed by atoms with E-state index in [0.717, 1.165) is 25.7 Å². The van der Waals surface area contributed by atoms with Crippen molar-refractivity contribution in [3.63, 3.8) is 0 Å². The van der Waals surface area contributed by atoms with Gasteiger partial charge in [0.1, 0.15) is 4.88 Å². The number of esters is 2. The van der Waals surface area contributed by atoms with E-state index in [0.29, 0.717) is 10.6 Å². The number of anilines is 1. The van der Waals surface area contributed by atoms with Crippen molar-refractivity contribution in [3.05, 3.63) is 51.2 Å². The first-order valence-corrected chi connectivity index (χ1v) is 9.62. The lowest BCUT2D eigenvalue weighted by atomic mass is 9.99.